The fourth-order valence-corrected chi connectivity index (χ4v) is 0.881. The smallest absolute Gasteiger partial charge is 0.0782 e. The fraction of sp³-hybridized carbons (Fsp3) is 0.750. The molecule has 0 saturated carbocycles. The van der Waals surface area contributed by atoms with Crippen molar-refractivity contribution in [3.8, 4) is 0 Å². The first-order valence-electron chi connectivity index (χ1n) is 3.66. The van der Waals surface area contributed by atoms with E-state index in [-0.39, 0.29) is 0 Å². The van der Waals surface area contributed by atoms with E-state index in [1.165, 1.54) is 0 Å². The third kappa shape index (κ3) is 3.51. The second kappa shape index (κ2) is 4.34. The zero-order chi connectivity index (χ0) is 8.15. The van der Waals surface area contributed by atoms with Gasteiger partial charge in [-0.2, -0.15) is 0 Å². The first-order valence-corrected chi connectivity index (χ1v) is 3.66. The van der Waals surface area contributed by atoms with Crippen molar-refractivity contribution < 1.29 is 0 Å². The maximum Gasteiger partial charge on any atom is 0.0782 e. The van der Waals surface area contributed by atoms with Crippen LogP contribution in [0.15, 0.2) is 12.3 Å². The summed E-state index contributed by atoms with van der Waals surface area (Å²) >= 11 is 0. The van der Waals surface area contributed by atoms with Gasteiger partial charge in [-0.3, -0.25) is 4.90 Å². The van der Waals surface area contributed by atoms with Crippen molar-refractivity contribution in [1.29, 1.82) is 0 Å². The molecule has 0 aromatic heterocycles. The van der Waals surface area contributed by atoms with Gasteiger partial charge in [0, 0.05) is 5.70 Å². The van der Waals surface area contributed by atoms with Gasteiger partial charge in [0.05, 0.1) is 6.17 Å². The summed E-state index contributed by atoms with van der Waals surface area (Å²) in [5.41, 5.74) is 1.03. The average Bonchev–Trinajstić information content (AvgIpc) is 1.81. The van der Waals surface area contributed by atoms with E-state index < -0.39 is 0 Å². The van der Waals surface area contributed by atoms with Gasteiger partial charge in [0.25, 0.3) is 0 Å². The minimum Gasteiger partial charge on any atom is -0.374 e. The lowest BCUT2D eigenvalue weighted by Gasteiger charge is -2.24. The number of nitrogens with one attached hydrogen (secondary N) is 1. The van der Waals surface area contributed by atoms with Crippen molar-refractivity contribution >= 4 is 0 Å². The van der Waals surface area contributed by atoms with Gasteiger partial charge in [0.15, 0.2) is 0 Å². The summed E-state index contributed by atoms with van der Waals surface area (Å²) in [4.78, 5) is 2.15. The molecule has 1 N–H and O–H groups in total. The Hall–Kier alpha value is -0.500. The molecule has 1 atom stereocenters. The summed E-state index contributed by atoms with van der Waals surface area (Å²) in [5, 5.41) is 3.26. The highest BCUT2D eigenvalue weighted by Gasteiger charge is 2.05. The lowest BCUT2D eigenvalue weighted by atomic mass is 10.3. The highest BCUT2D eigenvalue weighted by Crippen LogP contribution is 1.96. The maximum absolute atomic E-state index is 3.79. The molecule has 0 radical (unpaired) electrons. The van der Waals surface area contributed by atoms with E-state index in [2.05, 4.69) is 37.8 Å². The minimum atomic E-state index is 0.428. The lowest BCUT2D eigenvalue weighted by Crippen LogP contribution is -2.39. The first-order chi connectivity index (χ1) is 4.57. The zero-order valence-corrected chi connectivity index (χ0v) is 7.44. The summed E-state index contributed by atoms with van der Waals surface area (Å²) in [6.07, 6.45) is 1.53. The molecule has 0 fully saturated rings. The molecule has 0 aromatic rings. The van der Waals surface area contributed by atoms with Crippen molar-refractivity contribution in [3.05, 3.63) is 12.3 Å². The highest BCUT2D eigenvalue weighted by molar-refractivity contribution is 4.87. The van der Waals surface area contributed by atoms with Gasteiger partial charge >= 0.3 is 0 Å². The van der Waals surface area contributed by atoms with Crippen molar-refractivity contribution in [2.45, 2.75) is 26.4 Å². The molecule has 0 saturated heterocycles. The van der Waals surface area contributed by atoms with Crippen LogP contribution in [-0.2, 0) is 0 Å². The van der Waals surface area contributed by atoms with Crippen LogP contribution in [0.25, 0.3) is 0 Å². The SMILES string of the molecule is C=C(C)NC(CC)N(C)C. The molecule has 1 unspecified atom stereocenters. The van der Waals surface area contributed by atoms with Crippen LogP contribution in [0.5, 0.6) is 0 Å². The van der Waals surface area contributed by atoms with Crippen molar-refractivity contribution in [2.24, 2.45) is 0 Å². The van der Waals surface area contributed by atoms with Crippen molar-refractivity contribution in [1.82, 2.24) is 10.2 Å². The van der Waals surface area contributed by atoms with E-state index in [4.69, 9.17) is 0 Å². The van der Waals surface area contributed by atoms with Crippen LogP contribution in [0, 0.1) is 0 Å². The third-order valence-electron chi connectivity index (χ3n) is 1.42. The molecular formula is C8H18N2. The quantitative estimate of drug-likeness (QED) is 0.597. The predicted molar refractivity (Wildman–Crippen MR) is 45.7 cm³/mol. The van der Waals surface area contributed by atoms with E-state index in [1.54, 1.807) is 0 Å². The van der Waals surface area contributed by atoms with E-state index >= 15 is 0 Å². The monoisotopic (exact) mass is 142 g/mol. The Kier molecular flexibility index (Phi) is 4.12. The van der Waals surface area contributed by atoms with Gasteiger partial charge < -0.3 is 5.32 Å². The maximum atomic E-state index is 3.79. The normalized spacial score (nSPS) is 13.3. The Bertz CT molecular complexity index is 108. The fourth-order valence-electron chi connectivity index (χ4n) is 0.881. The molecule has 2 heteroatoms. The standard InChI is InChI=1S/C8H18N2/c1-6-8(10(4)5)9-7(2)3/h8-9H,2,6H2,1,3-5H3. The van der Waals surface area contributed by atoms with Gasteiger partial charge in [-0.05, 0) is 27.4 Å². The second-order valence-electron chi connectivity index (χ2n) is 2.81. The molecule has 60 valence electrons. The highest BCUT2D eigenvalue weighted by atomic mass is 15.2. The first kappa shape index (κ1) is 9.50. The van der Waals surface area contributed by atoms with Gasteiger partial charge in [0.1, 0.15) is 0 Å². The zero-order valence-electron chi connectivity index (χ0n) is 7.44. The Morgan fingerprint density at radius 1 is 1.60 bits per heavy atom. The summed E-state index contributed by atoms with van der Waals surface area (Å²) < 4.78 is 0. The molecule has 0 rings (SSSR count). The number of hydrogen-bond donors (Lipinski definition) is 1. The molecule has 0 spiro atoms. The Balaban J connectivity index is 3.71. The van der Waals surface area contributed by atoms with Crippen molar-refractivity contribution in [3.63, 3.8) is 0 Å². The molecule has 0 aliphatic carbocycles. The van der Waals surface area contributed by atoms with Gasteiger partial charge in [-0.1, -0.05) is 13.5 Å². The molecule has 10 heavy (non-hydrogen) atoms. The summed E-state index contributed by atoms with van der Waals surface area (Å²) in [5.74, 6) is 0. The summed E-state index contributed by atoms with van der Waals surface area (Å²) in [6, 6.07) is 0. The van der Waals surface area contributed by atoms with Gasteiger partial charge in [-0.25, -0.2) is 0 Å². The lowest BCUT2D eigenvalue weighted by molar-refractivity contribution is 0.255. The molecule has 0 heterocycles. The van der Waals surface area contributed by atoms with E-state index in [9.17, 15) is 0 Å². The Labute approximate surface area is 63.9 Å². The number of nitrogens with zero attached hydrogens (tertiary/aromatic N) is 1. The number of hydrogen-bond acceptors (Lipinski definition) is 2. The van der Waals surface area contributed by atoms with E-state index in [0.29, 0.717) is 6.17 Å². The number of rotatable bonds is 4. The van der Waals surface area contributed by atoms with Crippen LogP contribution in [0.2, 0.25) is 0 Å². The minimum absolute atomic E-state index is 0.428. The molecule has 0 amide bonds. The van der Waals surface area contributed by atoms with Crippen LogP contribution in [0.3, 0.4) is 0 Å². The molecule has 0 aliphatic heterocycles. The average molecular weight is 142 g/mol. The van der Waals surface area contributed by atoms with Gasteiger partial charge in [0.2, 0.25) is 0 Å². The second-order valence-corrected chi connectivity index (χ2v) is 2.81. The third-order valence-corrected chi connectivity index (χ3v) is 1.42. The topological polar surface area (TPSA) is 15.3 Å². The van der Waals surface area contributed by atoms with Gasteiger partial charge in [-0.15, -0.1) is 0 Å². The molecule has 0 bridgehead atoms. The van der Waals surface area contributed by atoms with E-state index in [0.717, 1.165) is 12.1 Å². The largest absolute Gasteiger partial charge is 0.374 e. The Morgan fingerprint density at radius 2 is 2.10 bits per heavy atom. The summed E-state index contributed by atoms with van der Waals surface area (Å²) in [6.45, 7) is 7.92. The van der Waals surface area contributed by atoms with Crippen LogP contribution in [0.4, 0.5) is 0 Å². The van der Waals surface area contributed by atoms with Crippen LogP contribution < -0.4 is 5.32 Å². The predicted octanol–water partition coefficient (Wildman–Crippen LogP) is 1.41. The molecule has 2 nitrogen and oxygen atoms in total. The van der Waals surface area contributed by atoms with Crippen LogP contribution >= 0.6 is 0 Å². The van der Waals surface area contributed by atoms with E-state index in [1.807, 2.05) is 6.92 Å². The van der Waals surface area contributed by atoms with Crippen molar-refractivity contribution in [2.75, 3.05) is 14.1 Å². The molecule has 0 aromatic carbocycles. The number of allylic oxidation sites excluding steroid dienone is 1. The molecule has 0 aliphatic rings. The summed E-state index contributed by atoms with van der Waals surface area (Å²) in [7, 11) is 4.12. The van der Waals surface area contributed by atoms with Crippen LogP contribution in [-0.4, -0.2) is 25.2 Å². The Morgan fingerprint density at radius 3 is 2.20 bits per heavy atom. The van der Waals surface area contributed by atoms with Crippen LogP contribution in [0.1, 0.15) is 20.3 Å². The molecular weight excluding hydrogens is 124 g/mol.